The average molecular weight is 273 g/mol. The smallest absolute Gasteiger partial charge is 0.183 e. The second kappa shape index (κ2) is 5.06. The van der Waals surface area contributed by atoms with Gasteiger partial charge in [0.1, 0.15) is 6.10 Å². The molecule has 1 N–H and O–H groups in total. The van der Waals surface area contributed by atoms with Gasteiger partial charge in [-0.15, -0.1) is 0 Å². The van der Waals surface area contributed by atoms with E-state index >= 15 is 0 Å². The molecular formula is C14H18ClFO2. The van der Waals surface area contributed by atoms with Crippen LogP contribution in [-0.4, -0.2) is 17.3 Å². The van der Waals surface area contributed by atoms with Gasteiger partial charge in [-0.3, -0.25) is 0 Å². The molecule has 1 aliphatic carbocycles. The molecule has 2 unspecified atom stereocenters. The Labute approximate surface area is 112 Å². The zero-order valence-electron chi connectivity index (χ0n) is 10.6. The third-order valence-corrected chi connectivity index (χ3v) is 4.54. The van der Waals surface area contributed by atoms with Crippen molar-refractivity contribution in [1.29, 1.82) is 0 Å². The highest BCUT2D eigenvalue weighted by Gasteiger charge is 2.53. The first-order chi connectivity index (χ1) is 8.55. The van der Waals surface area contributed by atoms with E-state index in [0.29, 0.717) is 6.42 Å². The second-order valence-electron chi connectivity index (χ2n) is 4.85. The molecule has 0 amide bonds. The lowest BCUT2D eigenvalue weighted by Crippen LogP contribution is -2.59. The van der Waals surface area contributed by atoms with Crippen LogP contribution in [0.3, 0.4) is 0 Å². The number of aliphatic hydroxyl groups excluding tert-OH is 1. The van der Waals surface area contributed by atoms with Crippen LogP contribution < -0.4 is 4.74 Å². The third-order valence-electron chi connectivity index (χ3n) is 4.24. The minimum Gasteiger partial charge on any atom is -0.487 e. The summed E-state index contributed by atoms with van der Waals surface area (Å²) in [5.41, 5.74) is -0.255. The largest absolute Gasteiger partial charge is 0.487 e. The minimum absolute atomic E-state index is 0.0611. The molecule has 1 aromatic carbocycles. The Morgan fingerprint density at radius 3 is 2.67 bits per heavy atom. The Balaban J connectivity index is 2.18. The fourth-order valence-electron chi connectivity index (χ4n) is 2.80. The van der Waals surface area contributed by atoms with Crippen LogP contribution in [0.2, 0.25) is 5.02 Å². The van der Waals surface area contributed by atoms with Crippen molar-refractivity contribution in [2.45, 2.75) is 45.3 Å². The predicted octanol–water partition coefficient (Wildman–Crippen LogP) is 3.80. The third kappa shape index (κ3) is 1.99. The van der Waals surface area contributed by atoms with Gasteiger partial charge < -0.3 is 9.84 Å². The number of benzene rings is 1. The molecule has 0 radical (unpaired) electrons. The van der Waals surface area contributed by atoms with Gasteiger partial charge in [-0.25, -0.2) is 4.39 Å². The van der Waals surface area contributed by atoms with Gasteiger partial charge in [-0.1, -0.05) is 31.5 Å². The normalized spacial score (nSPS) is 25.6. The Hall–Kier alpha value is -0.800. The van der Waals surface area contributed by atoms with E-state index in [9.17, 15) is 9.50 Å². The highest BCUT2D eigenvalue weighted by Crippen LogP contribution is 2.49. The average Bonchev–Trinajstić information content (AvgIpc) is 2.36. The number of ether oxygens (including phenoxy) is 1. The van der Waals surface area contributed by atoms with Gasteiger partial charge >= 0.3 is 0 Å². The molecule has 4 heteroatoms. The van der Waals surface area contributed by atoms with Crippen LogP contribution in [0.15, 0.2) is 18.2 Å². The highest BCUT2D eigenvalue weighted by atomic mass is 35.5. The van der Waals surface area contributed by atoms with Crippen molar-refractivity contribution >= 4 is 11.6 Å². The quantitative estimate of drug-likeness (QED) is 0.903. The number of aliphatic hydroxyl groups is 1. The molecule has 0 aromatic heterocycles. The van der Waals surface area contributed by atoms with Gasteiger partial charge in [0.05, 0.1) is 11.1 Å². The molecule has 1 aromatic rings. The van der Waals surface area contributed by atoms with Crippen molar-refractivity contribution in [3.8, 4) is 5.75 Å². The Morgan fingerprint density at radius 1 is 1.44 bits per heavy atom. The fraction of sp³-hybridized carbons (Fsp3) is 0.571. The van der Waals surface area contributed by atoms with Gasteiger partial charge in [0.2, 0.25) is 0 Å². The second-order valence-corrected chi connectivity index (χ2v) is 5.26. The summed E-state index contributed by atoms with van der Waals surface area (Å²) >= 11 is 5.72. The number of halogens is 2. The summed E-state index contributed by atoms with van der Waals surface area (Å²) in [7, 11) is 0. The lowest BCUT2D eigenvalue weighted by molar-refractivity contribution is -0.160. The fourth-order valence-corrected chi connectivity index (χ4v) is 2.96. The van der Waals surface area contributed by atoms with Crippen molar-refractivity contribution in [3.05, 3.63) is 29.0 Å². The van der Waals surface area contributed by atoms with E-state index in [-0.39, 0.29) is 28.4 Å². The molecule has 18 heavy (non-hydrogen) atoms. The zero-order valence-corrected chi connectivity index (χ0v) is 11.4. The number of hydrogen-bond donors (Lipinski definition) is 1. The summed E-state index contributed by atoms with van der Waals surface area (Å²) in [6.07, 6.45) is 1.68. The van der Waals surface area contributed by atoms with Crippen LogP contribution in [0.1, 0.15) is 33.1 Å². The number of rotatable bonds is 4. The van der Waals surface area contributed by atoms with E-state index in [1.54, 1.807) is 12.1 Å². The van der Waals surface area contributed by atoms with Crippen molar-refractivity contribution < 1.29 is 14.2 Å². The summed E-state index contributed by atoms with van der Waals surface area (Å²) in [4.78, 5) is 0. The lowest BCUT2D eigenvalue weighted by Gasteiger charge is -2.52. The molecule has 0 saturated heterocycles. The van der Waals surface area contributed by atoms with Crippen LogP contribution in [-0.2, 0) is 0 Å². The van der Waals surface area contributed by atoms with E-state index < -0.39 is 5.82 Å². The van der Waals surface area contributed by atoms with Gasteiger partial charge in [-0.05, 0) is 25.0 Å². The van der Waals surface area contributed by atoms with E-state index in [4.69, 9.17) is 16.3 Å². The molecule has 2 nitrogen and oxygen atoms in total. The van der Waals surface area contributed by atoms with Crippen molar-refractivity contribution in [3.63, 3.8) is 0 Å². The lowest BCUT2D eigenvalue weighted by atomic mass is 9.60. The Morgan fingerprint density at radius 2 is 2.11 bits per heavy atom. The topological polar surface area (TPSA) is 29.5 Å². The monoisotopic (exact) mass is 272 g/mol. The van der Waals surface area contributed by atoms with Crippen molar-refractivity contribution in [2.24, 2.45) is 5.41 Å². The number of hydrogen-bond acceptors (Lipinski definition) is 2. The summed E-state index contributed by atoms with van der Waals surface area (Å²) in [6.45, 7) is 4.05. The molecule has 2 atom stereocenters. The van der Waals surface area contributed by atoms with Crippen LogP contribution in [0, 0.1) is 11.2 Å². The maximum Gasteiger partial charge on any atom is 0.183 e. The molecule has 2 rings (SSSR count). The summed E-state index contributed by atoms with van der Waals surface area (Å²) in [5.74, 6) is -0.354. The SMILES string of the molecule is CCC1(CC)C(O)CC1Oc1cccc(Cl)c1F. The Kier molecular flexibility index (Phi) is 3.83. The predicted molar refractivity (Wildman–Crippen MR) is 69.5 cm³/mol. The highest BCUT2D eigenvalue weighted by molar-refractivity contribution is 6.30. The van der Waals surface area contributed by atoms with Crippen LogP contribution in [0.4, 0.5) is 4.39 Å². The first-order valence-electron chi connectivity index (χ1n) is 6.34. The first-order valence-corrected chi connectivity index (χ1v) is 6.71. The Bertz CT molecular complexity index is 432. The summed E-state index contributed by atoms with van der Waals surface area (Å²) in [5, 5.41) is 9.99. The molecule has 100 valence electrons. The molecule has 1 aliphatic rings. The van der Waals surface area contributed by atoms with E-state index in [1.165, 1.54) is 6.07 Å². The van der Waals surface area contributed by atoms with Crippen LogP contribution in [0.25, 0.3) is 0 Å². The summed E-state index contributed by atoms with van der Waals surface area (Å²) < 4.78 is 19.5. The summed E-state index contributed by atoms with van der Waals surface area (Å²) in [6, 6.07) is 4.73. The minimum atomic E-state index is -0.526. The van der Waals surface area contributed by atoms with Gasteiger partial charge in [-0.2, -0.15) is 0 Å². The molecule has 0 spiro atoms. The molecule has 1 saturated carbocycles. The van der Waals surface area contributed by atoms with E-state index in [0.717, 1.165) is 12.8 Å². The molecule has 0 bridgehead atoms. The molecule has 0 aliphatic heterocycles. The maximum absolute atomic E-state index is 13.8. The van der Waals surface area contributed by atoms with Crippen LogP contribution >= 0.6 is 11.6 Å². The molecule has 1 fully saturated rings. The maximum atomic E-state index is 13.8. The van der Waals surface area contributed by atoms with Crippen LogP contribution in [0.5, 0.6) is 5.75 Å². The van der Waals surface area contributed by atoms with Gasteiger partial charge in [0.25, 0.3) is 0 Å². The van der Waals surface area contributed by atoms with Crippen molar-refractivity contribution in [1.82, 2.24) is 0 Å². The molecular weight excluding hydrogens is 255 g/mol. The van der Waals surface area contributed by atoms with E-state index in [1.807, 2.05) is 13.8 Å². The van der Waals surface area contributed by atoms with Gasteiger partial charge in [0, 0.05) is 11.8 Å². The van der Waals surface area contributed by atoms with E-state index in [2.05, 4.69) is 0 Å². The standard InChI is InChI=1S/C14H18ClFO2/c1-3-14(4-2)11(17)8-12(14)18-10-7-5-6-9(15)13(10)16/h5-7,11-12,17H,3-4,8H2,1-2H3. The first kappa shape index (κ1) is 13.6. The van der Waals surface area contributed by atoms with Crippen molar-refractivity contribution in [2.75, 3.05) is 0 Å². The van der Waals surface area contributed by atoms with Gasteiger partial charge in [0.15, 0.2) is 11.6 Å². The molecule has 0 heterocycles. The zero-order chi connectivity index (χ0) is 13.3.